The van der Waals surface area contributed by atoms with Gasteiger partial charge in [-0.15, -0.1) is 0 Å². The number of carbonyl (C=O) groups excluding carboxylic acids is 1. The Morgan fingerprint density at radius 2 is 2.14 bits per heavy atom. The molecule has 0 amide bonds. The highest BCUT2D eigenvalue weighted by molar-refractivity contribution is 8.27. The van der Waals surface area contributed by atoms with E-state index in [0.29, 0.717) is 34.6 Å². The molecule has 1 heterocycles. The van der Waals surface area contributed by atoms with Gasteiger partial charge in [-0.2, -0.15) is 0 Å². The second-order valence-electron chi connectivity index (χ2n) is 5.46. The van der Waals surface area contributed by atoms with Crippen molar-refractivity contribution in [3.8, 4) is 0 Å². The molecule has 1 aromatic carbocycles. The Labute approximate surface area is 133 Å². The summed E-state index contributed by atoms with van der Waals surface area (Å²) in [6.07, 6.45) is 0. The number of rotatable bonds is 4. The van der Waals surface area contributed by atoms with Crippen molar-refractivity contribution >= 4 is 33.4 Å². The highest BCUT2D eigenvalue weighted by atomic mass is 32.2. The van der Waals surface area contributed by atoms with Gasteiger partial charge in [0.25, 0.3) is 5.69 Å². The van der Waals surface area contributed by atoms with Gasteiger partial charge >= 0.3 is 0 Å². The predicted molar refractivity (Wildman–Crippen MR) is 88.2 cm³/mol. The lowest BCUT2D eigenvalue weighted by molar-refractivity contribution is -0.384. The fraction of sp³-hybridized carbons (Fsp3) is 0.333. The minimum absolute atomic E-state index is 0.0278. The van der Waals surface area contributed by atoms with Crippen LogP contribution in [-0.2, 0) is 4.79 Å². The first-order valence-corrected chi connectivity index (χ1v) is 7.63. The van der Waals surface area contributed by atoms with Crippen LogP contribution >= 0.6 is 11.8 Å². The van der Waals surface area contributed by atoms with Crippen molar-refractivity contribution in [1.29, 1.82) is 0 Å². The monoisotopic (exact) mass is 319 g/mol. The minimum Gasteiger partial charge on any atom is -0.317 e. The number of nitro groups is 1. The summed E-state index contributed by atoms with van der Waals surface area (Å²) in [4.78, 5) is 28.5. The highest BCUT2D eigenvalue weighted by Crippen LogP contribution is 2.32. The molecule has 0 unspecified atom stereocenters. The number of aryl methyl sites for hydroxylation is 1. The number of non-ortho nitro benzene ring substituents is 1. The van der Waals surface area contributed by atoms with Crippen molar-refractivity contribution in [3.05, 3.63) is 46.2 Å². The summed E-state index contributed by atoms with van der Waals surface area (Å²) in [5, 5.41) is 11.2. The Morgan fingerprint density at radius 1 is 1.45 bits per heavy atom. The number of benzene rings is 1. The van der Waals surface area contributed by atoms with E-state index in [1.54, 1.807) is 17.9 Å². The van der Waals surface area contributed by atoms with Crippen LogP contribution in [-0.4, -0.2) is 26.7 Å². The number of carbonyl (C=O) groups is 1. The largest absolute Gasteiger partial charge is 0.317 e. The molecular formula is C15H17N3O3S. The van der Waals surface area contributed by atoms with Gasteiger partial charge < -0.3 is 4.90 Å². The highest BCUT2D eigenvalue weighted by Gasteiger charge is 2.31. The van der Waals surface area contributed by atoms with Gasteiger partial charge in [0.1, 0.15) is 0 Å². The van der Waals surface area contributed by atoms with Crippen molar-refractivity contribution in [2.45, 2.75) is 20.8 Å². The third-order valence-electron chi connectivity index (χ3n) is 3.13. The van der Waals surface area contributed by atoms with Crippen molar-refractivity contribution in [1.82, 2.24) is 4.90 Å². The molecule has 0 saturated carbocycles. The number of hydrogen-bond acceptors (Lipinski definition) is 5. The molecule has 0 aromatic heterocycles. The summed E-state index contributed by atoms with van der Waals surface area (Å²) >= 11 is 1.04. The molecule has 0 aliphatic carbocycles. The summed E-state index contributed by atoms with van der Waals surface area (Å²) < 4.78 is 0. The van der Waals surface area contributed by atoms with E-state index in [2.05, 4.69) is 25.4 Å². The maximum atomic E-state index is 11.8. The van der Waals surface area contributed by atoms with Gasteiger partial charge in [-0.1, -0.05) is 20.4 Å². The van der Waals surface area contributed by atoms with E-state index in [0.717, 1.165) is 11.8 Å². The maximum Gasteiger partial charge on any atom is 0.269 e. The first-order valence-electron chi connectivity index (χ1n) is 6.82. The van der Waals surface area contributed by atoms with E-state index >= 15 is 0 Å². The molecule has 0 bridgehead atoms. The van der Waals surface area contributed by atoms with E-state index in [-0.39, 0.29) is 10.8 Å². The van der Waals surface area contributed by atoms with Gasteiger partial charge in [-0.25, -0.2) is 4.99 Å². The number of hydrogen-bond donors (Lipinski definition) is 0. The van der Waals surface area contributed by atoms with Gasteiger partial charge in [-0.05, 0) is 36.2 Å². The molecule has 6 nitrogen and oxygen atoms in total. The zero-order chi connectivity index (χ0) is 16.4. The van der Waals surface area contributed by atoms with Crippen molar-refractivity contribution in [2.75, 3.05) is 6.54 Å². The van der Waals surface area contributed by atoms with E-state index < -0.39 is 4.92 Å². The molecule has 22 heavy (non-hydrogen) atoms. The van der Waals surface area contributed by atoms with E-state index in [1.165, 1.54) is 12.1 Å². The molecule has 1 aliphatic heterocycles. The van der Waals surface area contributed by atoms with E-state index in [1.807, 2.05) is 0 Å². The predicted octanol–water partition coefficient (Wildman–Crippen LogP) is 3.64. The van der Waals surface area contributed by atoms with Crippen LogP contribution in [0.25, 0.3) is 0 Å². The number of nitrogens with zero attached hydrogens (tertiary/aromatic N) is 3. The molecule has 0 radical (unpaired) electrons. The van der Waals surface area contributed by atoms with Crippen LogP contribution in [0, 0.1) is 23.0 Å². The Kier molecular flexibility index (Phi) is 4.65. The number of nitro benzene ring substituents is 1. The fourth-order valence-electron chi connectivity index (χ4n) is 2.04. The Bertz CT molecular complexity index is 683. The van der Waals surface area contributed by atoms with Crippen LogP contribution in [0.3, 0.4) is 0 Å². The quantitative estimate of drug-likeness (QED) is 0.481. The summed E-state index contributed by atoms with van der Waals surface area (Å²) in [5.41, 5.74) is 1.76. The smallest absolute Gasteiger partial charge is 0.269 e. The molecule has 1 fully saturated rings. The SMILES string of the molecule is C=C1C(=O)S/C(=N\c2ccc([N+](=O)[O-])cc2C)N1CC(C)C. The van der Waals surface area contributed by atoms with Gasteiger partial charge in [-0.3, -0.25) is 14.9 Å². The lowest BCUT2D eigenvalue weighted by Gasteiger charge is -2.20. The molecule has 1 aliphatic rings. The van der Waals surface area contributed by atoms with Crippen molar-refractivity contribution < 1.29 is 9.72 Å². The molecule has 7 heteroatoms. The Hall–Kier alpha value is -2.15. The molecule has 116 valence electrons. The second kappa shape index (κ2) is 6.31. The van der Waals surface area contributed by atoms with Crippen molar-refractivity contribution in [2.24, 2.45) is 10.9 Å². The summed E-state index contributed by atoms with van der Waals surface area (Å²) in [6.45, 7) is 10.3. The third-order valence-corrected chi connectivity index (χ3v) is 4.05. The van der Waals surface area contributed by atoms with Crippen LogP contribution in [0.15, 0.2) is 35.5 Å². The van der Waals surface area contributed by atoms with Gasteiger partial charge in [0.05, 0.1) is 16.3 Å². The van der Waals surface area contributed by atoms with Crippen LogP contribution in [0.2, 0.25) is 0 Å². The average Bonchev–Trinajstić information content (AvgIpc) is 2.68. The molecule has 0 N–H and O–H groups in total. The first-order chi connectivity index (χ1) is 10.3. The van der Waals surface area contributed by atoms with E-state index in [4.69, 9.17) is 0 Å². The Balaban J connectivity index is 2.36. The topological polar surface area (TPSA) is 75.8 Å². The van der Waals surface area contributed by atoms with Crippen molar-refractivity contribution in [3.63, 3.8) is 0 Å². The number of amidine groups is 1. The molecule has 1 saturated heterocycles. The first kappa shape index (κ1) is 16.2. The molecule has 1 aromatic rings. The summed E-state index contributed by atoms with van der Waals surface area (Å²) in [5.74, 6) is 0.353. The maximum absolute atomic E-state index is 11.8. The lowest BCUT2D eigenvalue weighted by atomic mass is 10.2. The van der Waals surface area contributed by atoms with Gasteiger partial charge in [0.15, 0.2) is 5.17 Å². The Morgan fingerprint density at radius 3 is 2.68 bits per heavy atom. The number of thioether (sulfide) groups is 1. The standard InChI is InChI=1S/C15H17N3O3S/c1-9(2)8-17-11(4)14(19)22-15(17)16-13-6-5-12(18(20)21)7-10(13)3/h5-7,9H,4,8H2,1-3H3/b16-15-. The molecule has 2 rings (SSSR count). The summed E-state index contributed by atoms with van der Waals surface area (Å²) in [7, 11) is 0. The molecule has 0 spiro atoms. The number of aliphatic imine (C=N–C) groups is 1. The molecule has 0 atom stereocenters. The van der Waals surface area contributed by atoms with Crippen LogP contribution < -0.4 is 0 Å². The average molecular weight is 319 g/mol. The zero-order valence-electron chi connectivity index (χ0n) is 12.7. The van der Waals surface area contributed by atoms with E-state index in [9.17, 15) is 14.9 Å². The van der Waals surface area contributed by atoms with Crippen LogP contribution in [0.1, 0.15) is 19.4 Å². The minimum atomic E-state index is -0.440. The summed E-state index contributed by atoms with van der Waals surface area (Å²) in [6, 6.07) is 4.48. The lowest BCUT2D eigenvalue weighted by Crippen LogP contribution is -2.27. The fourth-order valence-corrected chi connectivity index (χ4v) is 2.87. The normalized spacial score (nSPS) is 16.9. The molecular weight excluding hydrogens is 302 g/mol. The zero-order valence-corrected chi connectivity index (χ0v) is 13.5. The van der Waals surface area contributed by atoms with Crippen LogP contribution in [0.4, 0.5) is 11.4 Å². The second-order valence-corrected chi connectivity index (χ2v) is 6.40. The van der Waals surface area contributed by atoms with Gasteiger partial charge in [0.2, 0.25) is 5.12 Å². The van der Waals surface area contributed by atoms with Crippen LogP contribution in [0.5, 0.6) is 0 Å². The third kappa shape index (κ3) is 3.36. The van der Waals surface area contributed by atoms with Gasteiger partial charge in [0, 0.05) is 18.7 Å².